The molecule has 1 aliphatic rings. The summed E-state index contributed by atoms with van der Waals surface area (Å²) in [5.41, 5.74) is 5.23. The molecule has 4 nitrogen and oxygen atoms in total. The number of benzene rings is 1. The van der Waals surface area contributed by atoms with E-state index in [9.17, 15) is 4.79 Å². The van der Waals surface area contributed by atoms with E-state index < -0.39 is 0 Å². The molecule has 3 rings (SSSR count). The largest absolute Gasteiger partial charge is 0.459 e. The Bertz CT molecular complexity index is 1280. The quantitative estimate of drug-likeness (QED) is 0.278. The molecule has 0 saturated heterocycles. The third-order valence-corrected chi connectivity index (χ3v) is 6.77. The predicted molar refractivity (Wildman–Crippen MR) is 151 cm³/mol. The number of nitrogens with zero attached hydrogens (tertiary/aromatic N) is 1. The molecule has 0 aliphatic heterocycles. The van der Waals surface area contributed by atoms with Gasteiger partial charge in [-0.25, -0.2) is 4.79 Å². The molecule has 2 aromatic rings. The monoisotopic (exact) mass is 482 g/mol. The average Bonchev–Trinajstić information content (AvgIpc) is 2.87. The maximum Gasteiger partial charge on any atom is 0.338 e. The molecule has 4 heteroatoms. The Balaban J connectivity index is 1.88. The first-order chi connectivity index (χ1) is 17.4. The summed E-state index contributed by atoms with van der Waals surface area (Å²) in [6, 6.07) is 12.0. The van der Waals surface area contributed by atoms with Gasteiger partial charge in [-0.15, -0.1) is 6.58 Å². The Morgan fingerprint density at radius 3 is 2.56 bits per heavy atom. The molecule has 1 aromatic heterocycles. The number of nitrogens with one attached hydrogen (secondary N) is 1. The first kappa shape index (κ1) is 26.9. The van der Waals surface area contributed by atoms with E-state index in [0.717, 1.165) is 70.8 Å². The molecular weight excluding hydrogens is 444 g/mol. The number of pyridine rings is 1. The van der Waals surface area contributed by atoms with Gasteiger partial charge in [0.25, 0.3) is 0 Å². The Morgan fingerprint density at radius 2 is 1.92 bits per heavy atom. The average molecular weight is 483 g/mol. The molecule has 1 fully saturated rings. The minimum atomic E-state index is -0.278. The van der Waals surface area contributed by atoms with E-state index >= 15 is 0 Å². The first-order valence-electron chi connectivity index (χ1n) is 12.7. The van der Waals surface area contributed by atoms with Crippen molar-refractivity contribution < 1.29 is 9.53 Å². The van der Waals surface area contributed by atoms with Crippen LogP contribution in [0.15, 0.2) is 73.5 Å². The van der Waals surface area contributed by atoms with Crippen LogP contribution >= 0.6 is 0 Å². The highest BCUT2D eigenvalue weighted by Gasteiger charge is 2.24. The van der Waals surface area contributed by atoms with Gasteiger partial charge in [-0.1, -0.05) is 43.5 Å². The van der Waals surface area contributed by atoms with Crippen molar-refractivity contribution in [2.24, 2.45) is 5.92 Å². The smallest absolute Gasteiger partial charge is 0.338 e. The summed E-state index contributed by atoms with van der Waals surface area (Å²) in [5.74, 6) is 0.383. The molecule has 0 atom stereocenters. The fourth-order valence-electron chi connectivity index (χ4n) is 4.63. The molecule has 0 radical (unpaired) electrons. The Kier molecular flexibility index (Phi) is 9.63. The van der Waals surface area contributed by atoms with Gasteiger partial charge >= 0.3 is 5.97 Å². The second-order valence-corrected chi connectivity index (χ2v) is 9.39. The standard InChI is InChI=1S/C32H38N2O2/c1-7-11-25-15-18-29(19-16-25)36-32(35)26(8-2)20-28-21-27(17-14-22(28)4)24(6)31(33-9-3)30-13-10-12-23(5)34-30/h7-10,12-14,17,20-21,25,29,33H,1,3-4,11,15-16,18-19H2,2,5-6H3/b26-8+,28-20-,31-24+. The van der Waals surface area contributed by atoms with Gasteiger partial charge < -0.3 is 10.1 Å². The summed E-state index contributed by atoms with van der Waals surface area (Å²) in [5, 5.41) is 4.97. The molecule has 36 heavy (non-hydrogen) atoms. The van der Waals surface area contributed by atoms with Crippen molar-refractivity contribution >= 4 is 29.9 Å². The number of hydrogen-bond acceptors (Lipinski definition) is 4. The SMILES string of the molecule is C=CCC1CCC(OC(=O)C(/C=c2/cc(/C(C)=C(/NC=C)c3cccc(C)n3)ccc2=C)=C/C)CC1. The van der Waals surface area contributed by atoms with Gasteiger partial charge in [0.2, 0.25) is 0 Å². The van der Waals surface area contributed by atoms with Gasteiger partial charge in [0.05, 0.1) is 17.0 Å². The van der Waals surface area contributed by atoms with Crippen LogP contribution in [0.3, 0.4) is 0 Å². The van der Waals surface area contributed by atoms with E-state index in [1.807, 2.05) is 69.3 Å². The third-order valence-electron chi connectivity index (χ3n) is 6.77. The number of rotatable bonds is 9. The Morgan fingerprint density at radius 1 is 1.17 bits per heavy atom. The highest BCUT2D eigenvalue weighted by Crippen LogP contribution is 2.29. The van der Waals surface area contributed by atoms with Crippen LogP contribution in [-0.4, -0.2) is 17.1 Å². The molecule has 1 aliphatic carbocycles. The zero-order valence-electron chi connectivity index (χ0n) is 21.8. The van der Waals surface area contributed by atoms with Crippen LogP contribution < -0.4 is 15.8 Å². The number of carbonyl (C=O) groups is 1. The lowest BCUT2D eigenvalue weighted by molar-refractivity contribution is -0.145. The molecule has 0 amide bonds. The van der Waals surface area contributed by atoms with Gasteiger partial charge in [-0.3, -0.25) is 4.98 Å². The second-order valence-electron chi connectivity index (χ2n) is 9.39. The minimum Gasteiger partial charge on any atom is -0.459 e. The number of carbonyl (C=O) groups excluding carboxylic acids is 1. The van der Waals surface area contributed by atoms with Crippen LogP contribution in [0.1, 0.15) is 62.9 Å². The number of hydrogen-bond donors (Lipinski definition) is 1. The first-order valence-corrected chi connectivity index (χ1v) is 12.7. The van der Waals surface area contributed by atoms with Gasteiger partial charge in [-0.05, 0) is 111 Å². The van der Waals surface area contributed by atoms with Crippen LogP contribution in [0.4, 0.5) is 0 Å². The second kappa shape index (κ2) is 12.9. The van der Waals surface area contributed by atoms with E-state index in [-0.39, 0.29) is 12.1 Å². The zero-order valence-corrected chi connectivity index (χ0v) is 21.8. The third kappa shape index (κ3) is 6.94. The van der Waals surface area contributed by atoms with Gasteiger partial charge in [-0.2, -0.15) is 0 Å². The van der Waals surface area contributed by atoms with E-state index in [2.05, 4.69) is 36.1 Å². The van der Waals surface area contributed by atoms with Crippen LogP contribution in [0.2, 0.25) is 0 Å². The van der Waals surface area contributed by atoms with E-state index in [0.29, 0.717) is 11.5 Å². The maximum absolute atomic E-state index is 13.0. The number of aryl methyl sites for hydroxylation is 1. The van der Waals surface area contributed by atoms with Gasteiger partial charge in [0, 0.05) is 5.69 Å². The molecule has 0 unspecified atom stereocenters. The summed E-state index contributed by atoms with van der Waals surface area (Å²) < 4.78 is 5.88. The normalized spacial score (nSPS) is 19.3. The molecule has 0 bridgehead atoms. The highest BCUT2D eigenvalue weighted by atomic mass is 16.5. The van der Waals surface area contributed by atoms with Gasteiger partial charge in [0.1, 0.15) is 6.10 Å². The molecule has 1 N–H and O–H groups in total. The van der Waals surface area contributed by atoms with E-state index in [1.165, 1.54) is 0 Å². The lowest BCUT2D eigenvalue weighted by Crippen LogP contribution is -2.27. The zero-order chi connectivity index (χ0) is 26.1. The summed E-state index contributed by atoms with van der Waals surface area (Å²) >= 11 is 0. The Hall–Kier alpha value is -3.66. The molecule has 0 spiro atoms. The summed E-state index contributed by atoms with van der Waals surface area (Å²) in [6.07, 6.45) is 12.3. The fraction of sp³-hybridized carbons (Fsp3) is 0.312. The van der Waals surface area contributed by atoms with Crippen molar-refractivity contribution in [1.29, 1.82) is 0 Å². The van der Waals surface area contributed by atoms with Crippen LogP contribution in [-0.2, 0) is 9.53 Å². The summed E-state index contributed by atoms with van der Waals surface area (Å²) in [4.78, 5) is 17.7. The molecule has 188 valence electrons. The maximum atomic E-state index is 13.0. The van der Waals surface area contributed by atoms with Crippen LogP contribution in [0.25, 0.3) is 23.9 Å². The summed E-state index contributed by atoms with van der Waals surface area (Å²) in [6.45, 7) is 17.7. The van der Waals surface area contributed by atoms with E-state index in [4.69, 9.17) is 4.74 Å². The number of allylic oxidation sites excluding steroid dienone is 3. The predicted octanol–water partition coefficient (Wildman–Crippen LogP) is 5.83. The minimum absolute atomic E-state index is 0.0213. The van der Waals surface area contributed by atoms with Crippen molar-refractivity contribution in [1.82, 2.24) is 10.3 Å². The molecule has 1 saturated carbocycles. The Labute approximate surface area is 215 Å². The topological polar surface area (TPSA) is 51.2 Å². The fourth-order valence-corrected chi connectivity index (χ4v) is 4.63. The van der Waals surface area contributed by atoms with Crippen molar-refractivity contribution in [3.05, 3.63) is 101 Å². The lowest BCUT2D eigenvalue weighted by atomic mass is 9.85. The number of ether oxygens (including phenoxy) is 1. The highest BCUT2D eigenvalue weighted by molar-refractivity contribution is 5.97. The molecular formula is C32H38N2O2. The van der Waals surface area contributed by atoms with Gasteiger partial charge in [0.15, 0.2) is 0 Å². The van der Waals surface area contributed by atoms with Crippen LogP contribution in [0.5, 0.6) is 0 Å². The molecule has 1 heterocycles. The number of aromatic nitrogens is 1. The van der Waals surface area contributed by atoms with Crippen molar-refractivity contribution in [3.8, 4) is 0 Å². The lowest BCUT2D eigenvalue weighted by Gasteiger charge is -2.27. The number of esters is 1. The van der Waals surface area contributed by atoms with Crippen molar-refractivity contribution in [2.45, 2.75) is 59.0 Å². The van der Waals surface area contributed by atoms with Crippen molar-refractivity contribution in [3.63, 3.8) is 0 Å². The summed E-state index contributed by atoms with van der Waals surface area (Å²) in [7, 11) is 0. The van der Waals surface area contributed by atoms with E-state index in [1.54, 1.807) is 6.20 Å². The van der Waals surface area contributed by atoms with Crippen LogP contribution in [0, 0.1) is 12.8 Å². The molecule has 1 aromatic carbocycles. The van der Waals surface area contributed by atoms with Crippen molar-refractivity contribution in [2.75, 3.05) is 0 Å².